The standard InChI is InChI=1S/C13H15N3O4/c1-7-10(8(2)16(3)15-7)5-14-12(17)11-4-9(6-20-11)13(18)19/h4,6H,5H2,1-3H3,(H,14,17)(H,18,19). The second kappa shape index (κ2) is 5.20. The number of aryl methyl sites for hydroxylation is 2. The number of nitrogens with one attached hydrogen (secondary N) is 1. The van der Waals surface area contributed by atoms with E-state index in [2.05, 4.69) is 10.4 Å². The molecule has 0 aromatic carbocycles. The molecule has 0 atom stereocenters. The maximum absolute atomic E-state index is 11.9. The molecule has 0 bridgehead atoms. The minimum atomic E-state index is -1.13. The van der Waals surface area contributed by atoms with Crippen LogP contribution in [0.5, 0.6) is 0 Å². The van der Waals surface area contributed by atoms with E-state index in [0.717, 1.165) is 23.2 Å². The van der Waals surface area contributed by atoms with Crippen molar-refractivity contribution in [2.24, 2.45) is 7.05 Å². The molecule has 0 spiro atoms. The molecule has 0 fully saturated rings. The molecule has 20 heavy (non-hydrogen) atoms. The first-order valence-corrected chi connectivity index (χ1v) is 5.99. The molecule has 2 rings (SSSR count). The minimum Gasteiger partial charge on any atom is -0.478 e. The lowest BCUT2D eigenvalue weighted by atomic mass is 10.2. The molecule has 0 radical (unpaired) electrons. The highest BCUT2D eigenvalue weighted by Crippen LogP contribution is 2.12. The Kier molecular flexibility index (Phi) is 3.60. The lowest BCUT2D eigenvalue weighted by Crippen LogP contribution is -2.23. The SMILES string of the molecule is Cc1nn(C)c(C)c1CNC(=O)c1cc(C(=O)O)co1. The van der Waals surface area contributed by atoms with E-state index in [4.69, 9.17) is 9.52 Å². The summed E-state index contributed by atoms with van der Waals surface area (Å²) >= 11 is 0. The fourth-order valence-corrected chi connectivity index (χ4v) is 1.90. The number of nitrogens with zero attached hydrogens (tertiary/aromatic N) is 2. The van der Waals surface area contributed by atoms with E-state index >= 15 is 0 Å². The number of rotatable bonds is 4. The normalized spacial score (nSPS) is 10.6. The second-order valence-electron chi connectivity index (χ2n) is 4.46. The van der Waals surface area contributed by atoms with Gasteiger partial charge in [-0.25, -0.2) is 4.79 Å². The fraction of sp³-hybridized carbons (Fsp3) is 0.308. The molecular formula is C13H15N3O4. The van der Waals surface area contributed by atoms with E-state index in [1.54, 1.807) is 4.68 Å². The van der Waals surface area contributed by atoms with Crippen LogP contribution in [0.2, 0.25) is 0 Å². The Morgan fingerprint density at radius 3 is 2.65 bits per heavy atom. The van der Waals surface area contributed by atoms with E-state index in [9.17, 15) is 9.59 Å². The Morgan fingerprint density at radius 1 is 1.45 bits per heavy atom. The number of furan rings is 1. The van der Waals surface area contributed by atoms with Gasteiger partial charge in [-0.3, -0.25) is 9.48 Å². The van der Waals surface area contributed by atoms with Crippen molar-refractivity contribution in [3.05, 3.63) is 40.6 Å². The van der Waals surface area contributed by atoms with Crippen LogP contribution in [0.1, 0.15) is 37.9 Å². The van der Waals surface area contributed by atoms with Crippen molar-refractivity contribution in [3.63, 3.8) is 0 Å². The quantitative estimate of drug-likeness (QED) is 0.876. The van der Waals surface area contributed by atoms with Crippen LogP contribution >= 0.6 is 0 Å². The summed E-state index contributed by atoms with van der Waals surface area (Å²) in [5, 5.41) is 15.7. The maximum atomic E-state index is 11.9. The van der Waals surface area contributed by atoms with Crippen LogP contribution < -0.4 is 5.32 Å². The van der Waals surface area contributed by atoms with Crippen LogP contribution in [-0.2, 0) is 13.6 Å². The molecule has 7 nitrogen and oxygen atoms in total. The van der Waals surface area contributed by atoms with Gasteiger partial charge in [0.2, 0.25) is 0 Å². The first-order chi connectivity index (χ1) is 9.40. The summed E-state index contributed by atoms with van der Waals surface area (Å²) in [7, 11) is 1.83. The van der Waals surface area contributed by atoms with Gasteiger partial charge in [-0.2, -0.15) is 5.10 Å². The van der Waals surface area contributed by atoms with Crippen molar-refractivity contribution in [1.29, 1.82) is 0 Å². The first kappa shape index (κ1) is 13.9. The molecule has 0 aliphatic rings. The van der Waals surface area contributed by atoms with Gasteiger partial charge in [-0.1, -0.05) is 0 Å². The van der Waals surface area contributed by atoms with Crippen LogP contribution in [0.15, 0.2) is 16.7 Å². The molecule has 2 aromatic rings. The molecule has 0 saturated heterocycles. The summed E-state index contributed by atoms with van der Waals surface area (Å²) in [6, 6.07) is 1.20. The molecule has 0 aliphatic heterocycles. The summed E-state index contributed by atoms with van der Waals surface area (Å²) in [6.07, 6.45) is 1.04. The molecule has 2 heterocycles. The van der Waals surface area contributed by atoms with Crippen molar-refractivity contribution in [2.45, 2.75) is 20.4 Å². The van der Waals surface area contributed by atoms with Crippen molar-refractivity contribution >= 4 is 11.9 Å². The minimum absolute atomic E-state index is 0.0263. The van der Waals surface area contributed by atoms with Gasteiger partial charge in [0.1, 0.15) is 6.26 Å². The Balaban J connectivity index is 2.06. The van der Waals surface area contributed by atoms with Gasteiger partial charge >= 0.3 is 5.97 Å². The number of amides is 1. The van der Waals surface area contributed by atoms with Crippen LogP contribution in [0.25, 0.3) is 0 Å². The Bertz CT molecular complexity index is 669. The highest BCUT2D eigenvalue weighted by atomic mass is 16.4. The molecule has 0 unspecified atom stereocenters. The third-order valence-corrected chi connectivity index (χ3v) is 3.15. The van der Waals surface area contributed by atoms with Crippen LogP contribution in [-0.4, -0.2) is 26.8 Å². The van der Waals surface area contributed by atoms with Gasteiger partial charge in [0, 0.05) is 30.9 Å². The largest absolute Gasteiger partial charge is 0.478 e. The van der Waals surface area contributed by atoms with Crippen molar-refractivity contribution in [1.82, 2.24) is 15.1 Å². The van der Waals surface area contributed by atoms with Crippen molar-refractivity contribution in [2.75, 3.05) is 0 Å². The van der Waals surface area contributed by atoms with Gasteiger partial charge < -0.3 is 14.8 Å². The number of hydrogen-bond donors (Lipinski definition) is 2. The molecule has 106 valence electrons. The average molecular weight is 277 g/mol. The third kappa shape index (κ3) is 2.56. The predicted octanol–water partition coefficient (Wildman–Crippen LogP) is 1.26. The first-order valence-electron chi connectivity index (χ1n) is 5.99. The molecule has 0 saturated carbocycles. The van der Waals surface area contributed by atoms with Crippen LogP contribution in [0, 0.1) is 13.8 Å². The summed E-state index contributed by atoms with van der Waals surface area (Å²) in [5.74, 6) is -1.62. The Morgan fingerprint density at radius 2 is 2.15 bits per heavy atom. The van der Waals surface area contributed by atoms with Gasteiger partial charge in [-0.15, -0.1) is 0 Å². The zero-order valence-corrected chi connectivity index (χ0v) is 11.4. The van der Waals surface area contributed by atoms with Crippen LogP contribution in [0.4, 0.5) is 0 Å². The molecule has 0 aliphatic carbocycles. The molecule has 2 aromatic heterocycles. The lowest BCUT2D eigenvalue weighted by molar-refractivity contribution is 0.0696. The van der Waals surface area contributed by atoms with E-state index in [-0.39, 0.29) is 11.3 Å². The van der Waals surface area contributed by atoms with Gasteiger partial charge in [0.05, 0.1) is 11.3 Å². The van der Waals surface area contributed by atoms with Crippen molar-refractivity contribution < 1.29 is 19.1 Å². The number of hydrogen-bond acceptors (Lipinski definition) is 4. The monoisotopic (exact) mass is 277 g/mol. The highest BCUT2D eigenvalue weighted by Gasteiger charge is 2.16. The number of carbonyl (C=O) groups is 2. The summed E-state index contributed by atoms with van der Waals surface area (Å²) < 4.78 is 6.67. The predicted molar refractivity (Wildman–Crippen MR) is 69.5 cm³/mol. The van der Waals surface area contributed by atoms with Gasteiger partial charge in [0.15, 0.2) is 5.76 Å². The number of aromatic nitrogens is 2. The number of carboxylic acids is 1. The number of aromatic carboxylic acids is 1. The zero-order valence-electron chi connectivity index (χ0n) is 11.4. The van der Waals surface area contributed by atoms with Gasteiger partial charge in [-0.05, 0) is 13.8 Å². The highest BCUT2D eigenvalue weighted by molar-refractivity contribution is 5.95. The summed E-state index contributed by atoms with van der Waals surface area (Å²) in [4.78, 5) is 22.6. The number of carboxylic acid groups (broad SMARTS) is 1. The maximum Gasteiger partial charge on any atom is 0.338 e. The third-order valence-electron chi connectivity index (χ3n) is 3.15. The molecule has 1 amide bonds. The average Bonchev–Trinajstić information content (AvgIpc) is 2.95. The van der Waals surface area contributed by atoms with E-state index in [0.29, 0.717) is 6.54 Å². The summed E-state index contributed by atoms with van der Waals surface area (Å²) in [5.41, 5.74) is 2.69. The second-order valence-corrected chi connectivity index (χ2v) is 4.46. The molecular weight excluding hydrogens is 262 g/mol. The Labute approximate surface area is 115 Å². The number of carbonyl (C=O) groups excluding carboxylic acids is 1. The van der Waals surface area contributed by atoms with Crippen LogP contribution in [0.3, 0.4) is 0 Å². The summed E-state index contributed by atoms with van der Waals surface area (Å²) in [6.45, 7) is 4.09. The Hall–Kier alpha value is -2.57. The van der Waals surface area contributed by atoms with E-state index in [1.807, 2.05) is 20.9 Å². The molecule has 2 N–H and O–H groups in total. The smallest absolute Gasteiger partial charge is 0.338 e. The zero-order chi connectivity index (χ0) is 14.9. The van der Waals surface area contributed by atoms with E-state index < -0.39 is 11.9 Å². The lowest BCUT2D eigenvalue weighted by Gasteiger charge is -2.03. The molecule has 7 heteroatoms. The van der Waals surface area contributed by atoms with E-state index in [1.165, 1.54) is 6.07 Å². The fourth-order valence-electron chi connectivity index (χ4n) is 1.90. The van der Waals surface area contributed by atoms with Gasteiger partial charge in [0.25, 0.3) is 5.91 Å². The van der Waals surface area contributed by atoms with Crippen molar-refractivity contribution in [3.8, 4) is 0 Å². The topological polar surface area (TPSA) is 97.4 Å².